The van der Waals surface area contributed by atoms with Gasteiger partial charge in [0.15, 0.2) is 0 Å². The molecule has 0 aromatic heterocycles. The Labute approximate surface area is 256 Å². The highest BCUT2D eigenvalue weighted by Gasteiger charge is 2.26. The largest absolute Gasteiger partial charge is 0.490 e. The molecule has 0 aliphatic carbocycles. The number of allylic oxidation sites excluding steroid dienone is 2. The lowest BCUT2D eigenvalue weighted by Crippen LogP contribution is -2.28. The van der Waals surface area contributed by atoms with E-state index in [9.17, 15) is 10.5 Å². The Kier molecular flexibility index (Phi) is 14.3. The van der Waals surface area contributed by atoms with Crippen LogP contribution in [0.2, 0.25) is 0 Å². The lowest BCUT2D eigenvalue weighted by molar-refractivity contribution is -0.941. The van der Waals surface area contributed by atoms with E-state index in [1.54, 1.807) is 0 Å². The summed E-state index contributed by atoms with van der Waals surface area (Å²) in [6.07, 6.45) is 7.56. The van der Waals surface area contributed by atoms with Crippen LogP contribution in [0.3, 0.4) is 0 Å². The maximum atomic E-state index is 10.3. The van der Waals surface area contributed by atoms with Gasteiger partial charge < -0.3 is 19.3 Å². The van der Waals surface area contributed by atoms with Crippen molar-refractivity contribution in [1.29, 1.82) is 5.26 Å². The molecule has 9 heteroatoms. The molecule has 42 heavy (non-hydrogen) atoms. The number of ether oxygens (including phenoxy) is 3. The molecule has 0 heterocycles. The van der Waals surface area contributed by atoms with E-state index in [0.29, 0.717) is 61.3 Å². The van der Waals surface area contributed by atoms with Gasteiger partial charge in [-0.15, -0.1) is 0 Å². The van der Waals surface area contributed by atoms with Gasteiger partial charge in [-0.05, 0) is 67.2 Å². The number of aryl methyl sites for hydroxylation is 1. The lowest BCUT2D eigenvalue weighted by Gasteiger charge is -2.28. The zero-order chi connectivity index (χ0) is 31.2. The molecule has 1 atom stereocenters. The number of thiol groups is 1. The van der Waals surface area contributed by atoms with Gasteiger partial charge in [-0.2, -0.15) is 15.5 Å². The third-order valence-corrected chi connectivity index (χ3v) is 6.92. The molecular weight excluding hydrogens is 550 g/mol. The van der Waals surface area contributed by atoms with Gasteiger partial charge >= 0.3 is 0 Å². The van der Waals surface area contributed by atoms with E-state index in [2.05, 4.69) is 43.8 Å². The van der Waals surface area contributed by atoms with Crippen LogP contribution in [0.15, 0.2) is 65.4 Å². The number of aliphatic hydroxyl groups excluding tert-OH is 1. The first-order chi connectivity index (χ1) is 20.0. The summed E-state index contributed by atoms with van der Waals surface area (Å²) < 4.78 is 16.8. The number of nitrogens with zero attached hydrogens (tertiary/aromatic N) is 3. The molecule has 1 unspecified atom stereocenters. The van der Waals surface area contributed by atoms with Crippen molar-refractivity contribution in [2.45, 2.75) is 59.3 Å². The van der Waals surface area contributed by atoms with Crippen LogP contribution in [0, 0.1) is 11.3 Å². The number of hydrogen-bond donors (Lipinski definition) is 3. The highest BCUT2D eigenvalue weighted by molar-refractivity contribution is 7.74. The molecule has 0 aliphatic rings. The molecule has 0 amide bonds. The van der Waals surface area contributed by atoms with Crippen LogP contribution in [0.5, 0.6) is 11.5 Å². The van der Waals surface area contributed by atoms with Gasteiger partial charge in [0.1, 0.15) is 50.6 Å². The molecule has 0 saturated heterocycles. The Balaban J connectivity index is 2.23. The van der Waals surface area contributed by atoms with Crippen molar-refractivity contribution >= 4 is 18.5 Å². The SMILES string of the molecule is C\C=C/C(COc1ccc(C(C)(C)c2cc(C#N)c(OCCOCCCO)c(CC)c2)cc1)=N\C(=C\CC)[N+](C)(O)S. The van der Waals surface area contributed by atoms with Crippen LogP contribution in [0.25, 0.3) is 0 Å². The molecular formula is C33H46N3O5S+. The summed E-state index contributed by atoms with van der Waals surface area (Å²) in [6, 6.07) is 14.3. The smallest absolute Gasteiger partial charge is 0.268 e. The number of hydrogen-bond acceptors (Lipinski definition) is 8. The quantitative estimate of drug-likeness (QED) is 0.0629. The highest BCUT2D eigenvalue weighted by atomic mass is 32.1. The van der Waals surface area contributed by atoms with Crippen LogP contribution >= 0.6 is 12.8 Å². The van der Waals surface area contributed by atoms with E-state index in [4.69, 9.17) is 19.3 Å². The summed E-state index contributed by atoms with van der Waals surface area (Å²) in [5.74, 6) is 1.71. The second-order valence-corrected chi connectivity index (χ2v) is 11.2. The van der Waals surface area contributed by atoms with Gasteiger partial charge in [-0.3, -0.25) is 0 Å². The molecule has 0 bridgehead atoms. The van der Waals surface area contributed by atoms with Crippen molar-refractivity contribution in [2.24, 2.45) is 4.99 Å². The average Bonchev–Trinajstić information content (AvgIpc) is 2.96. The maximum Gasteiger partial charge on any atom is 0.268 e. The van der Waals surface area contributed by atoms with Gasteiger partial charge in [0.25, 0.3) is 5.82 Å². The zero-order valence-corrected chi connectivity index (χ0v) is 26.7. The van der Waals surface area contributed by atoms with E-state index >= 15 is 0 Å². The topological polar surface area (TPSA) is 104 Å². The third-order valence-electron chi connectivity index (χ3n) is 6.71. The molecule has 0 fully saturated rings. The van der Waals surface area contributed by atoms with Crippen molar-refractivity contribution in [2.75, 3.05) is 40.1 Å². The predicted molar refractivity (Wildman–Crippen MR) is 170 cm³/mol. The molecule has 2 aromatic carbocycles. The Morgan fingerprint density at radius 2 is 1.81 bits per heavy atom. The van der Waals surface area contributed by atoms with E-state index in [1.807, 2.05) is 69.3 Å². The van der Waals surface area contributed by atoms with Gasteiger partial charge in [-0.25, -0.2) is 0 Å². The molecule has 0 saturated carbocycles. The van der Waals surface area contributed by atoms with Gasteiger partial charge in [0.2, 0.25) is 0 Å². The number of rotatable bonds is 17. The second-order valence-electron chi connectivity index (χ2n) is 10.4. The first kappa shape index (κ1) is 35.1. The Morgan fingerprint density at radius 3 is 2.38 bits per heavy atom. The van der Waals surface area contributed by atoms with E-state index in [-0.39, 0.29) is 18.6 Å². The standard InChI is InChI=1S/C33H46N3O5S/c1-7-11-29(35-31(12-8-2)36(6,38)42)24-41-30-15-13-27(14-16-30)33(4,5)28-21-25(9-3)32(26(22-28)23-34)40-20-19-39-18-10-17-37/h7,11-16,21-22,37-38,42H,8-10,17-20,24H2,1-6H3/q+1/b11-7-,31-12-,35-29+. The fraction of sp³-hybridized carbons (Fsp3) is 0.455. The summed E-state index contributed by atoms with van der Waals surface area (Å²) in [5.41, 5.74) is 3.84. The third kappa shape index (κ3) is 10.3. The molecule has 2 N–H and O–H groups in total. The molecule has 2 aromatic rings. The average molecular weight is 597 g/mol. The zero-order valence-electron chi connectivity index (χ0n) is 25.8. The van der Waals surface area contributed by atoms with Crippen molar-refractivity contribution in [1.82, 2.24) is 0 Å². The van der Waals surface area contributed by atoms with Crippen molar-refractivity contribution in [3.8, 4) is 17.6 Å². The molecule has 0 aliphatic heterocycles. The van der Waals surface area contributed by atoms with Gasteiger partial charge in [0, 0.05) is 24.7 Å². The molecule has 8 nitrogen and oxygen atoms in total. The Bertz CT molecular complexity index is 1270. The second kappa shape index (κ2) is 17.1. The number of quaternary nitrogens is 1. The van der Waals surface area contributed by atoms with E-state index < -0.39 is 4.05 Å². The van der Waals surface area contributed by atoms with Crippen molar-refractivity contribution in [3.05, 3.63) is 82.7 Å². The van der Waals surface area contributed by atoms with Crippen LogP contribution < -0.4 is 9.47 Å². The fourth-order valence-corrected chi connectivity index (χ4v) is 4.41. The fourth-order valence-electron chi connectivity index (χ4n) is 4.28. The normalized spacial score (nSPS) is 14.1. The molecule has 228 valence electrons. The molecule has 0 spiro atoms. The summed E-state index contributed by atoms with van der Waals surface area (Å²) in [7, 11) is 1.53. The lowest BCUT2D eigenvalue weighted by atomic mass is 9.77. The minimum absolute atomic E-state index is 0.0949. The number of benzene rings is 2. The summed E-state index contributed by atoms with van der Waals surface area (Å²) in [6.45, 7) is 11.7. The monoisotopic (exact) mass is 596 g/mol. The predicted octanol–water partition coefficient (Wildman–Crippen LogP) is 6.55. The number of hydroxylamine groups is 2. The van der Waals surface area contributed by atoms with Gasteiger partial charge in [-0.1, -0.05) is 56.0 Å². The number of nitriles is 1. The van der Waals surface area contributed by atoms with Crippen LogP contribution in [0.1, 0.15) is 69.7 Å². The summed E-state index contributed by atoms with van der Waals surface area (Å²) >= 11 is 4.21. The van der Waals surface area contributed by atoms with Crippen molar-refractivity contribution in [3.63, 3.8) is 0 Å². The minimum atomic E-state index is -0.668. The van der Waals surface area contributed by atoms with Crippen LogP contribution in [-0.4, -0.2) is 60.2 Å². The number of aliphatic hydroxyl groups is 1. The highest BCUT2D eigenvalue weighted by Crippen LogP contribution is 2.37. The summed E-state index contributed by atoms with van der Waals surface area (Å²) in [4.78, 5) is 4.57. The van der Waals surface area contributed by atoms with E-state index in [0.717, 1.165) is 23.1 Å². The van der Waals surface area contributed by atoms with Gasteiger partial charge in [0.05, 0.1) is 17.9 Å². The molecule has 0 radical (unpaired) electrons. The Morgan fingerprint density at radius 1 is 1.10 bits per heavy atom. The van der Waals surface area contributed by atoms with Crippen molar-refractivity contribution < 1.29 is 28.6 Å². The van der Waals surface area contributed by atoms with Crippen LogP contribution in [0.4, 0.5) is 0 Å². The first-order valence-corrected chi connectivity index (χ1v) is 14.8. The minimum Gasteiger partial charge on any atom is -0.490 e. The van der Waals surface area contributed by atoms with Crippen LogP contribution in [-0.2, 0) is 16.6 Å². The summed E-state index contributed by atoms with van der Waals surface area (Å²) in [5, 5.41) is 29.1. The first-order valence-electron chi connectivity index (χ1n) is 14.4. The maximum absolute atomic E-state index is 10.3. The van der Waals surface area contributed by atoms with E-state index in [1.165, 1.54) is 7.05 Å². The molecule has 2 rings (SSSR count). The Hall–Kier alpha value is -3.13. The number of aliphatic imine (C=N–C) groups is 1.